The van der Waals surface area contributed by atoms with Gasteiger partial charge >= 0.3 is 6.18 Å². The maximum atomic E-state index is 16.1. The molecule has 0 aliphatic rings. The van der Waals surface area contributed by atoms with Gasteiger partial charge in [0.2, 0.25) is 0 Å². The molecule has 2 aromatic heterocycles. The first-order valence-electron chi connectivity index (χ1n) is 17.2. The molecule has 0 fully saturated rings. The molecule has 51 heavy (non-hydrogen) atoms. The summed E-state index contributed by atoms with van der Waals surface area (Å²) in [6, 6.07) is 36.6. The zero-order valence-electron chi connectivity index (χ0n) is 29.5. The minimum atomic E-state index is -4.77. The van der Waals surface area contributed by atoms with E-state index in [-0.39, 0.29) is 22.2 Å². The van der Waals surface area contributed by atoms with Crippen molar-refractivity contribution in [3.63, 3.8) is 0 Å². The number of halogens is 4. The zero-order chi connectivity index (χ0) is 36.0. The van der Waals surface area contributed by atoms with Crippen LogP contribution in [0.1, 0.15) is 58.2 Å². The summed E-state index contributed by atoms with van der Waals surface area (Å²) >= 11 is 0. The quantitative estimate of drug-likeness (QED) is 0.164. The van der Waals surface area contributed by atoms with Crippen molar-refractivity contribution in [2.45, 2.75) is 58.5 Å². The first kappa shape index (κ1) is 32.8. The Balaban J connectivity index is 1.61. The molecule has 256 valence electrons. The molecule has 0 N–H and O–H groups in total. The maximum absolute atomic E-state index is 16.1. The average Bonchev–Trinajstić information content (AvgIpc) is 3.58. The Labute approximate surface area is 294 Å². The number of alkyl halides is 3. The van der Waals surface area contributed by atoms with Crippen LogP contribution in [0.15, 0.2) is 121 Å². The van der Waals surface area contributed by atoms with Gasteiger partial charge in [-0.05, 0) is 81.6 Å². The highest BCUT2D eigenvalue weighted by molar-refractivity contribution is 6.11. The van der Waals surface area contributed by atoms with Crippen molar-refractivity contribution in [2.75, 3.05) is 0 Å². The fourth-order valence-electron chi connectivity index (χ4n) is 7.48. The lowest BCUT2D eigenvalue weighted by Crippen LogP contribution is -2.16. The minimum absolute atomic E-state index is 0.0190. The van der Waals surface area contributed by atoms with Gasteiger partial charge in [0, 0.05) is 21.5 Å². The number of rotatable bonds is 3. The molecule has 2 heterocycles. The van der Waals surface area contributed by atoms with Crippen molar-refractivity contribution in [3.8, 4) is 22.5 Å². The zero-order valence-corrected chi connectivity index (χ0v) is 29.5. The van der Waals surface area contributed by atoms with Gasteiger partial charge in [-0.3, -0.25) is 0 Å². The Bertz CT molecular complexity index is 2500. The predicted molar refractivity (Wildman–Crippen MR) is 203 cm³/mol. The van der Waals surface area contributed by atoms with E-state index in [0.29, 0.717) is 33.2 Å². The summed E-state index contributed by atoms with van der Waals surface area (Å²) < 4.78 is 66.8. The molecule has 0 aliphatic carbocycles. The molecule has 0 unspecified atom stereocenters. The van der Waals surface area contributed by atoms with Crippen molar-refractivity contribution in [3.05, 3.63) is 144 Å². The second-order valence-electron chi connectivity index (χ2n) is 15.6. The van der Waals surface area contributed by atoms with E-state index in [1.165, 1.54) is 12.1 Å². The van der Waals surface area contributed by atoms with Gasteiger partial charge in [0.05, 0.1) is 33.4 Å². The maximum Gasteiger partial charge on any atom is 0.420 e. The third-order valence-electron chi connectivity index (χ3n) is 10.1. The number of aromatic nitrogens is 2. The fourth-order valence-corrected chi connectivity index (χ4v) is 7.48. The number of hydrogen-bond donors (Lipinski definition) is 0. The van der Waals surface area contributed by atoms with E-state index in [1.54, 1.807) is 33.4 Å². The van der Waals surface area contributed by atoms with Crippen LogP contribution in [0.2, 0.25) is 0 Å². The summed E-state index contributed by atoms with van der Waals surface area (Å²) in [5, 5.41) is 3.42. The van der Waals surface area contributed by atoms with Gasteiger partial charge < -0.3 is 9.13 Å². The third-order valence-corrected chi connectivity index (χ3v) is 10.1. The van der Waals surface area contributed by atoms with E-state index in [0.717, 1.165) is 32.7 Å². The van der Waals surface area contributed by atoms with Gasteiger partial charge in [0.25, 0.3) is 0 Å². The highest BCUT2D eigenvalue weighted by Gasteiger charge is 2.39. The molecule has 2 nitrogen and oxygen atoms in total. The summed E-state index contributed by atoms with van der Waals surface area (Å²) in [7, 11) is 0. The molecule has 0 atom stereocenters. The van der Waals surface area contributed by atoms with E-state index < -0.39 is 17.6 Å². The summed E-state index contributed by atoms with van der Waals surface area (Å²) in [5.74, 6) is -0.464. The van der Waals surface area contributed by atoms with Crippen LogP contribution in [0.25, 0.3) is 66.1 Å². The lowest BCUT2D eigenvalue weighted by atomic mass is 9.86. The van der Waals surface area contributed by atoms with Crippen LogP contribution in [0.4, 0.5) is 17.6 Å². The van der Waals surface area contributed by atoms with Crippen LogP contribution >= 0.6 is 0 Å². The molecule has 6 heteroatoms. The Kier molecular flexibility index (Phi) is 7.29. The van der Waals surface area contributed by atoms with E-state index in [1.807, 2.05) is 72.8 Å². The molecule has 0 saturated carbocycles. The topological polar surface area (TPSA) is 9.86 Å². The van der Waals surface area contributed by atoms with Crippen LogP contribution in [-0.2, 0) is 17.0 Å². The van der Waals surface area contributed by atoms with Crippen LogP contribution in [0, 0.1) is 5.82 Å². The molecule has 8 aromatic rings. The SMILES string of the molecule is CC(C)(C)c1ccc2c3ccccc3n(-c3cc(-c4cccc(F)c4)cc(-n4c5ccccc5c5ccc(C(C)(C)C)cc54)c3C(F)(F)F)c2c1. The number of nitrogens with zero attached hydrogens (tertiary/aromatic N) is 2. The highest BCUT2D eigenvalue weighted by atomic mass is 19.4. The lowest BCUT2D eigenvalue weighted by Gasteiger charge is -2.24. The largest absolute Gasteiger partial charge is 0.420 e. The molecular weight excluding hydrogens is 645 g/mol. The standard InChI is InChI=1S/C45H38F4N2/c1-43(2,3)29-18-20-34-32-14-7-9-16-36(32)50(38(34)25-29)40-23-28(27-12-11-13-31(46)22-27)24-41(42(40)45(47,48)49)51-37-17-10-8-15-33(37)35-21-19-30(26-39(35)51)44(4,5)6/h7-26H,1-6H3. The molecule has 0 aliphatic heterocycles. The molecule has 0 saturated heterocycles. The van der Waals surface area contributed by atoms with Crippen molar-refractivity contribution < 1.29 is 17.6 Å². The van der Waals surface area contributed by atoms with Crippen LogP contribution in [0.5, 0.6) is 0 Å². The molecule has 0 spiro atoms. The van der Waals surface area contributed by atoms with Crippen LogP contribution in [-0.4, -0.2) is 9.13 Å². The Morgan fingerprint density at radius 1 is 0.431 bits per heavy atom. The van der Waals surface area contributed by atoms with Crippen molar-refractivity contribution in [2.24, 2.45) is 0 Å². The van der Waals surface area contributed by atoms with Gasteiger partial charge in [-0.1, -0.05) is 114 Å². The van der Waals surface area contributed by atoms with Gasteiger partial charge in [0.15, 0.2) is 0 Å². The Morgan fingerprint density at radius 3 is 1.31 bits per heavy atom. The average molecular weight is 683 g/mol. The monoisotopic (exact) mass is 682 g/mol. The van der Waals surface area contributed by atoms with Crippen molar-refractivity contribution >= 4 is 43.6 Å². The fraction of sp³-hybridized carbons (Fsp3) is 0.200. The minimum Gasteiger partial charge on any atom is -0.309 e. The van der Waals surface area contributed by atoms with Crippen molar-refractivity contribution in [1.29, 1.82) is 0 Å². The smallest absolute Gasteiger partial charge is 0.309 e. The lowest BCUT2D eigenvalue weighted by molar-refractivity contribution is -0.137. The molecule has 0 radical (unpaired) electrons. The van der Waals surface area contributed by atoms with Gasteiger partial charge in [0.1, 0.15) is 11.4 Å². The molecule has 6 aromatic carbocycles. The molecular formula is C45H38F4N2. The van der Waals surface area contributed by atoms with Gasteiger partial charge in [-0.15, -0.1) is 0 Å². The number of para-hydroxylation sites is 2. The third kappa shape index (κ3) is 5.40. The van der Waals surface area contributed by atoms with Crippen LogP contribution < -0.4 is 0 Å². The number of hydrogen-bond acceptors (Lipinski definition) is 0. The van der Waals surface area contributed by atoms with E-state index in [4.69, 9.17) is 0 Å². The second kappa shape index (κ2) is 11.3. The summed E-state index contributed by atoms with van der Waals surface area (Å²) in [6.07, 6.45) is -4.77. The summed E-state index contributed by atoms with van der Waals surface area (Å²) in [5.41, 5.74) is 4.34. The Hall–Kier alpha value is -5.36. The first-order chi connectivity index (χ1) is 24.1. The normalized spacial score (nSPS) is 12.9. The first-order valence-corrected chi connectivity index (χ1v) is 17.2. The summed E-state index contributed by atoms with van der Waals surface area (Å²) in [4.78, 5) is 0. The Morgan fingerprint density at radius 2 is 0.882 bits per heavy atom. The van der Waals surface area contributed by atoms with Gasteiger partial charge in [-0.25, -0.2) is 4.39 Å². The molecule has 8 rings (SSSR count). The summed E-state index contributed by atoms with van der Waals surface area (Å²) in [6.45, 7) is 12.6. The van der Waals surface area contributed by atoms with Crippen LogP contribution in [0.3, 0.4) is 0 Å². The molecule has 0 amide bonds. The van der Waals surface area contributed by atoms with E-state index >= 15 is 13.2 Å². The van der Waals surface area contributed by atoms with E-state index in [9.17, 15) is 4.39 Å². The highest BCUT2D eigenvalue weighted by Crippen LogP contribution is 2.47. The number of fused-ring (bicyclic) bond motifs is 6. The predicted octanol–water partition coefficient (Wildman–Crippen LogP) is 13.3. The van der Waals surface area contributed by atoms with Crippen molar-refractivity contribution in [1.82, 2.24) is 9.13 Å². The molecule has 0 bridgehead atoms. The second-order valence-corrected chi connectivity index (χ2v) is 15.6. The number of benzene rings is 6. The van der Waals surface area contributed by atoms with E-state index in [2.05, 4.69) is 53.7 Å². The van der Waals surface area contributed by atoms with Gasteiger partial charge in [-0.2, -0.15) is 13.2 Å².